The number of aryl methyl sites for hydroxylation is 2. The zero-order valence-electron chi connectivity index (χ0n) is 12.7. The molecule has 3 rings (SSSR count). The summed E-state index contributed by atoms with van der Waals surface area (Å²) in [6.45, 7) is 3.79. The van der Waals surface area contributed by atoms with E-state index in [1.165, 1.54) is 11.3 Å². The number of carbonyl (C=O) groups excluding carboxylic acids is 2. The van der Waals surface area contributed by atoms with Crippen LogP contribution >= 0.6 is 11.3 Å². The molecule has 0 atom stereocenters. The lowest BCUT2D eigenvalue weighted by Gasteiger charge is -2.10. The summed E-state index contributed by atoms with van der Waals surface area (Å²) in [5, 5.41) is 2.57. The number of rotatable bonds is 2. The number of fused-ring (bicyclic) bond motifs is 1. The lowest BCUT2D eigenvalue weighted by Crippen LogP contribution is -2.41. The molecule has 0 fully saturated rings. The Bertz CT molecular complexity index is 888. The summed E-state index contributed by atoms with van der Waals surface area (Å²) in [7, 11) is 0. The molecule has 6 heteroatoms. The van der Waals surface area contributed by atoms with Crippen molar-refractivity contribution in [2.45, 2.75) is 13.8 Å². The van der Waals surface area contributed by atoms with Gasteiger partial charge in [-0.05, 0) is 43.5 Å². The van der Waals surface area contributed by atoms with E-state index in [9.17, 15) is 9.59 Å². The van der Waals surface area contributed by atoms with Crippen molar-refractivity contribution in [2.24, 2.45) is 0 Å². The predicted molar refractivity (Wildman–Crippen MR) is 90.5 cm³/mol. The predicted octanol–water partition coefficient (Wildman–Crippen LogP) is 2.99. The minimum Gasteiger partial charge on any atom is -0.267 e. The summed E-state index contributed by atoms with van der Waals surface area (Å²) >= 11 is 1.31. The van der Waals surface area contributed by atoms with Gasteiger partial charge < -0.3 is 0 Å². The van der Waals surface area contributed by atoms with Crippen LogP contribution in [0.1, 0.15) is 31.3 Å². The van der Waals surface area contributed by atoms with Crippen LogP contribution in [0, 0.1) is 13.8 Å². The van der Waals surface area contributed by atoms with Gasteiger partial charge >= 0.3 is 0 Å². The van der Waals surface area contributed by atoms with Crippen LogP contribution in [0.5, 0.6) is 0 Å². The molecule has 0 saturated carbocycles. The molecule has 2 aromatic heterocycles. The van der Waals surface area contributed by atoms with Crippen molar-refractivity contribution in [1.82, 2.24) is 15.8 Å². The van der Waals surface area contributed by atoms with Crippen LogP contribution < -0.4 is 10.9 Å². The number of aromatic nitrogens is 1. The molecular weight excluding hydrogens is 310 g/mol. The second kappa shape index (κ2) is 6.18. The minimum absolute atomic E-state index is 0.334. The maximum absolute atomic E-state index is 12.4. The zero-order chi connectivity index (χ0) is 16.4. The molecule has 2 N–H and O–H groups in total. The lowest BCUT2D eigenvalue weighted by atomic mass is 10.0. The standard InChI is InChI=1S/C17H15N3O2S/c1-10-5-6-14-12(8-10)13(9-11(2)18-14)16(21)19-20-17(22)15-4-3-7-23-15/h3-9H,1-2H3,(H,19,21)(H,20,22). The van der Waals surface area contributed by atoms with Crippen LogP contribution in [0.15, 0.2) is 41.8 Å². The molecular formula is C17H15N3O2S. The number of carbonyl (C=O) groups is 2. The fourth-order valence-electron chi connectivity index (χ4n) is 2.31. The molecule has 0 bridgehead atoms. The monoisotopic (exact) mass is 325 g/mol. The molecule has 0 spiro atoms. The van der Waals surface area contributed by atoms with Gasteiger partial charge in [-0.2, -0.15) is 0 Å². The first-order valence-corrected chi connectivity index (χ1v) is 7.95. The van der Waals surface area contributed by atoms with Crippen LogP contribution in [0.2, 0.25) is 0 Å². The van der Waals surface area contributed by atoms with E-state index in [0.29, 0.717) is 10.4 Å². The number of nitrogens with one attached hydrogen (secondary N) is 2. The van der Waals surface area contributed by atoms with Crippen molar-refractivity contribution in [3.05, 3.63) is 63.5 Å². The highest BCUT2D eigenvalue weighted by Crippen LogP contribution is 2.20. The third kappa shape index (κ3) is 3.22. The fraction of sp³-hybridized carbons (Fsp3) is 0.118. The number of benzene rings is 1. The van der Waals surface area contributed by atoms with E-state index in [4.69, 9.17) is 0 Å². The van der Waals surface area contributed by atoms with E-state index >= 15 is 0 Å². The van der Waals surface area contributed by atoms with E-state index in [2.05, 4.69) is 15.8 Å². The van der Waals surface area contributed by atoms with Crippen LogP contribution in [0.25, 0.3) is 10.9 Å². The second-order valence-corrected chi connectivity index (χ2v) is 6.17. The Morgan fingerprint density at radius 1 is 1.04 bits per heavy atom. The molecule has 116 valence electrons. The van der Waals surface area contributed by atoms with Crippen LogP contribution in [0.3, 0.4) is 0 Å². The number of pyridine rings is 1. The molecule has 2 amide bonds. The summed E-state index contributed by atoms with van der Waals surface area (Å²) in [4.78, 5) is 29.3. The maximum atomic E-state index is 12.4. The zero-order valence-corrected chi connectivity index (χ0v) is 13.5. The molecule has 5 nitrogen and oxygen atoms in total. The lowest BCUT2D eigenvalue weighted by molar-refractivity contribution is 0.0849. The molecule has 3 aromatic rings. The number of hydrogen-bond acceptors (Lipinski definition) is 4. The van der Waals surface area contributed by atoms with Crippen molar-refractivity contribution in [2.75, 3.05) is 0 Å². The van der Waals surface area contributed by atoms with E-state index in [0.717, 1.165) is 22.2 Å². The molecule has 0 radical (unpaired) electrons. The summed E-state index contributed by atoms with van der Waals surface area (Å²) in [6, 6.07) is 10.9. The Hall–Kier alpha value is -2.73. The molecule has 2 heterocycles. The highest BCUT2D eigenvalue weighted by atomic mass is 32.1. The van der Waals surface area contributed by atoms with Crippen LogP contribution in [0.4, 0.5) is 0 Å². The summed E-state index contributed by atoms with van der Waals surface area (Å²) in [5.74, 6) is -0.698. The number of nitrogens with zero attached hydrogens (tertiary/aromatic N) is 1. The van der Waals surface area contributed by atoms with Gasteiger partial charge in [-0.3, -0.25) is 25.4 Å². The highest BCUT2D eigenvalue weighted by molar-refractivity contribution is 7.12. The van der Waals surface area contributed by atoms with Crippen molar-refractivity contribution in [1.29, 1.82) is 0 Å². The molecule has 23 heavy (non-hydrogen) atoms. The molecule has 0 aliphatic heterocycles. The largest absolute Gasteiger partial charge is 0.279 e. The van der Waals surface area contributed by atoms with Gasteiger partial charge in [0.05, 0.1) is 16.0 Å². The van der Waals surface area contributed by atoms with Gasteiger partial charge in [0.2, 0.25) is 0 Å². The molecule has 0 saturated heterocycles. The van der Waals surface area contributed by atoms with Gasteiger partial charge in [-0.25, -0.2) is 0 Å². The van der Waals surface area contributed by atoms with E-state index in [1.807, 2.05) is 32.0 Å². The van der Waals surface area contributed by atoms with E-state index < -0.39 is 0 Å². The Balaban J connectivity index is 1.86. The third-order valence-electron chi connectivity index (χ3n) is 3.37. The number of hydrazine groups is 1. The van der Waals surface area contributed by atoms with Gasteiger partial charge in [-0.15, -0.1) is 11.3 Å². The van der Waals surface area contributed by atoms with Crippen LogP contribution in [-0.2, 0) is 0 Å². The fourth-order valence-corrected chi connectivity index (χ4v) is 2.93. The summed E-state index contributed by atoms with van der Waals surface area (Å²) in [6.07, 6.45) is 0. The van der Waals surface area contributed by atoms with Crippen molar-refractivity contribution >= 4 is 34.1 Å². The topological polar surface area (TPSA) is 71.1 Å². The minimum atomic E-state index is -0.365. The first-order chi connectivity index (χ1) is 11.0. The van der Waals surface area contributed by atoms with Crippen molar-refractivity contribution in [3.8, 4) is 0 Å². The smallest absolute Gasteiger partial charge is 0.267 e. The normalized spacial score (nSPS) is 10.5. The molecule has 0 unspecified atom stereocenters. The average molecular weight is 325 g/mol. The summed E-state index contributed by atoms with van der Waals surface area (Å²) < 4.78 is 0. The highest BCUT2D eigenvalue weighted by Gasteiger charge is 2.14. The Kier molecular flexibility index (Phi) is 4.08. The third-order valence-corrected chi connectivity index (χ3v) is 4.24. The van der Waals surface area contributed by atoms with Crippen molar-refractivity contribution < 1.29 is 9.59 Å². The van der Waals surface area contributed by atoms with E-state index in [1.54, 1.807) is 23.6 Å². The molecule has 1 aromatic carbocycles. The average Bonchev–Trinajstić information content (AvgIpc) is 3.06. The molecule has 0 aliphatic carbocycles. The van der Waals surface area contributed by atoms with Gasteiger partial charge in [0.25, 0.3) is 11.8 Å². The first-order valence-electron chi connectivity index (χ1n) is 7.07. The number of thiophene rings is 1. The van der Waals surface area contributed by atoms with Crippen LogP contribution in [-0.4, -0.2) is 16.8 Å². The quantitative estimate of drug-likeness (QED) is 0.712. The Labute approximate surface area is 137 Å². The SMILES string of the molecule is Cc1ccc2nc(C)cc(C(=O)NNC(=O)c3cccs3)c2c1. The molecule has 0 aliphatic rings. The maximum Gasteiger partial charge on any atom is 0.279 e. The Morgan fingerprint density at radius 3 is 2.57 bits per heavy atom. The first kappa shape index (κ1) is 15.2. The van der Waals surface area contributed by atoms with E-state index in [-0.39, 0.29) is 11.8 Å². The van der Waals surface area contributed by atoms with Gasteiger partial charge in [0, 0.05) is 11.1 Å². The Morgan fingerprint density at radius 2 is 1.83 bits per heavy atom. The van der Waals surface area contributed by atoms with Gasteiger partial charge in [0.1, 0.15) is 0 Å². The van der Waals surface area contributed by atoms with Gasteiger partial charge in [0.15, 0.2) is 0 Å². The summed E-state index contributed by atoms with van der Waals surface area (Å²) in [5.41, 5.74) is 7.93. The van der Waals surface area contributed by atoms with Crippen molar-refractivity contribution in [3.63, 3.8) is 0 Å². The number of hydrogen-bond donors (Lipinski definition) is 2. The number of amides is 2. The van der Waals surface area contributed by atoms with Gasteiger partial charge in [-0.1, -0.05) is 17.7 Å². The second-order valence-electron chi connectivity index (χ2n) is 5.22.